The van der Waals surface area contributed by atoms with Crippen molar-refractivity contribution in [1.29, 1.82) is 0 Å². The molecule has 0 spiro atoms. The zero-order chi connectivity index (χ0) is 17.0. The number of hydrogen-bond donors (Lipinski definition) is 1. The topological polar surface area (TPSA) is 74.7 Å². The Bertz CT molecular complexity index is 808. The van der Waals surface area contributed by atoms with Crippen LogP contribution in [0.2, 0.25) is 5.02 Å². The zero-order valence-electron chi connectivity index (χ0n) is 11.8. The van der Waals surface area contributed by atoms with E-state index >= 15 is 0 Å². The van der Waals surface area contributed by atoms with Gasteiger partial charge >= 0.3 is 5.97 Å². The third-order valence-corrected chi connectivity index (χ3v) is 5.13. The van der Waals surface area contributed by atoms with E-state index < -0.39 is 28.4 Å². The number of carbonyl (C=O) groups is 1. The Kier molecular flexibility index (Phi) is 5.35. The third kappa shape index (κ3) is 4.28. The number of hydrogen-bond acceptors (Lipinski definition) is 3. The van der Waals surface area contributed by atoms with Crippen LogP contribution in [-0.4, -0.2) is 30.3 Å². The third-order valence-electron chi connectivity index (χ3n) is 3.07. The second-order valence-corrected chi connectivity index (χ2v) is 7.09. The van der Waals surface area contributed by atoms with Gasteiger partial charge < -0.3 is 5.11 Å². The van der Waals surface area contributed by atoms with Gasteiger partial charge in [-0.05, 0) is 30.3 Å². The van der Waals surface area contributed by atoms with Gasteiger partial charge in [0, 0.05) is 17.1 Å². The van der Waals surface area contributed by atoms with Crippen molar-refractivity contribution in [3.05, 3.63) is 64.9 Å². The zero-order valence-corrected chi connectivity index (χ0v) is 13.4. The van der Waals surface area contributed by atoms with E-state index in [0.717, 1.165) is 0 Å². The Labute approximate surface area is 138 Å². The second-order valence-electron chi connectivity index (χ2n) is 4.71. The summed E-state index contributed by atoms with van der Waals surface area (Å²) in [7, 11) is -4.10. The van der Waals surface area contributed by atoms with Gasteiger partial charge in [-0.1, -0.05) is 29.8 Å². The lowest BCUT2D eigenvalue weighted by atomic mass is 10.2. The summed E-state index contributed by atoms with van der Waals surface area (Å²) in [6, 6.07) is 10.9. The summed E-state index contributed by atoms with van der Waals surface area (Å²) >= 11 is 5.72. The summed E-state index contributed by atoms with van der Waals surface area (Å²) in [6.07, 6.45) is 0. The van der Waals surface area contributed by atoms with Gasteiger partial charge in [-0.25, -0.2) is 12.8 Å². The monoisotopic (exact) mass is 357 g/mol. The van der Waals surface area contributed by atoms with Crippen molar-refractivity contribution < 1.29 is 22.7 Å². The van der Waals surface area contributed by atoms with Crippen LogP contribution in [0.5, 0.6) is 0 Å². The second kappa shape index (κ2) is 7.08. The van der Waals surface area contributed by atoms with E-state index in [4.69, 9.17) is 16.7 Å². The molecule has 2 aromatic rings. The first-order valence-corrected chi connectivity index (χ1v) is 8.33. The minimum atomic E-state index is -4.10. The molecule has 0 saturated carbocycles. The van der Waals surface area contributed by atoms with Gasteiger partial charge in [0.05, 0.1) is 4.90 Å². The minimum absolute atomic E-state index is 0.0892. The standard InChI is InChI=1S/C15H13ClFNO4S/c16-12-5-7-13(8-6-12)23(21,22)18(10-15(19)20)9-11-3-1-2-4-14(11)17/h1-8H,9-10H2,(H,19,20). The first kappa shape index (κ1) is 17.4. The van der Waals surface area contributed by atoms with Gasteiger partial charge in [0.25, 0.3) is 0 Å². The van der Waals surface area contributed by atoms with Crippen molar-refractivity contribution in [2.75, 3.05) is 6.54 Å². The van der Waals surface area contributed by atoms with Crippen LogP contribution in [0.3, 0.4) is 0 Å². The largest absolute Gasteiger partial charge is 0.480 e. The molecule has 23 heavy (non-hydrogen) atoms. The molecule has 2 aromatic carbocycles. The van der Waals surface area contributed by atoms with Crippen LogP contribution in [0.4, 0.5) is 4.39 Å². The molecule has 1 N–H and O–H groups in total. The van der Waals surface area contributed by atoms with Gasteiger partial charge in [-0.2, -0.15) is 4.31 Å². The van der Waals surface area contributed by atoms with Crippen LogP contribution in [0, 0.1) is 5.82 Å². The minimum Gasteiger partial charge on any atom is -0.480 e. The van der Waals surface area contributed by atoms with Gasteiger partial charge in [0.15, 0.2) is 0 Å². The van der Waals surface area contributed by atoms with Gasteiger partial charge in [0.1, 0.15) is 12.4 Å². The Morgan fingerprint density at radius 2 is 1.74 bits per heavy atom. The molecular weight excluding hydrogens is 345 g/mol. The van der Waals surface area contributed by atoms with Crippen molar-refractivity contribution >= 4 is 27.6 Å². The summed E-state index contributed by atoms with van der Waals surface area (Å²) in [6.45, 7) is -1.16. The number of sulfonamides is 1. The Morgan fingerprint density at radius 3 is 2.30 bits per heavy atom. The maximum Gasteiger partial charge on any atom is 0.318 e. The smallest absolute Gasteiger partial charge is 0.318 e. The fourth-order valence-electron chi connectivity index (χ4n) is 1.95. The van der Waals surface area contributed by atoms with E-state index in [1.54, 1.807) is 6.07 Å². The lowest BCUT2D eigenvalue weighted by molar-refractivity contribution is -0.137. The molecule has 0 unspecified atom stereocenters. The molecule has 0 fully saturated rings. The summed E-state index contributed by atoms with van der Waals surface area (Å²) in [4.78, 5) is 10.9. The molecule has 2 rings (SSSR count). The highest BCUT2D eigenvalue weighted by atomic mass is 35.5. The number of halogens is 2. The highest BCUT2D eigenvalue weighted by molar-refractivity contribution is 7.89. The number of carboxylic acids is 1. The number of aliphatic carboxylic acids is 1. The Balaban J connectivity index is 2.39. The molecule has 0 aromatic heterocycles. The van der Waals surface area contributed by atoms with E-state index in [1.165, 1.54) is 42.5 Å². The average molecular weight is 358 g/mol. The molecule has 122 valence electrons. The molecule has 0 aliphatic heterocycles. The fraction of sp³-hybridized carbons (Fsp3) is 0.133. The Morgan fingerprint density at radius 1 is 1.13 bits per heavy atom. The van der Waals surface area contributed by atoms with Crippen molar-refractivity contribution in [1.82, 2.24) is 4.31 Å². The average Bonchev–Trinajstić information content (AvgIpc) is 2.48. The first-order chi connectivity index (χ1) is 10.8. The van der Waals surface area contributed by atoms with Crippen LogP contribution >= 0.6 is 11.6 Å². The van der Waals surface area contributed by atoms with Gasteiger partial charge in [-0.3, -0.25) is 4.79 Å². The van der Waals surface area contributed by atoms with Gasteiger partial charge in [-0.15, -0.1) is 0 Å². The van der Waals surface area contributed by atoms with E-state index in [9.17, 15) is 17.6 Å². The molecule has 0 atom stereocenters. The lowest BCUT2D eigenvalue weighted by Gasteiger charge is -2.20. The predicted octanol–water partition coefficient (Wildman–Crippen LogP) is 2.75. The molecule has 0 amide bonds. The highest BCUT2D eigenvalue weighted by Crippen LogP contribution is 2.21. The highest BCUT2D eigenvalue weighted by Gasteiger charge is 2.27. The quantitative estimate of drug-likeness (QED) is 0.862. The summed E-state index contributed by atoms with van der Waals surface area (Å²) in [5.74, 6) is -1.94. The first-order valence-electron chi connectivity index (χ1n) is 6.51. The maximum absolute atomic E-state index is 13.7. The molecule has 5 nitrogen and oxygen atoms in total. The van der Waals surface area contributed by atoms with Gasteiger partial charge in [0.2, 0.25) is 10.0 Å². The van der Waals surface area contributed by atoms with Crippen molar-refractivity contribution in [3.8, 4) is 0 Å². The van der Waals surface area contributed by atoms with Crippen LogP contribution < -0.4 is 0 Å². The molecule has 0 aliphatic rings. The SMILES string of the molecule is O=C(O)CN(Cc1ccccc1F)S(=O)(=O)c1ccc(Cl)cc1. The summed E-state index contributed by atoms with van der Waals surface area (Å²) in [5.41, 5.74) is 0.0892. The number of carboxylic acid groups (broad SMARTS) is 1. The van der Waals surface area contributed by atoms with Crippen molar-refractivity contribution in [3.63, 3.8) is 0 Å². The molecular formula is C15H13ClFNO4S. The number of benzene rings is 2. The molecule has 0 heterocycles. The molecule has 8 heteroatoms. The normalized spacial score (nSPS) is 11.6. The van der Waals surface area contributed by atoms with E-state index in [0.29, 0.717) is 9.33 Å². The fourth-order valence-corrected chi connectivity index (χ4v) is 3.44. The maximum atomic E-state index is 13.7. The molecule has 0 aliphatic carbocycles. The Hall–Kier alpha value is -1.96. The van der Waals surface area contributed by atoms with Crippen molar-refractivity contribution in [2.24, 2.45) is 0 Å². The predicted molar refractivity (Wildman–Crippen MR) is 83.1 cm³/mol. The van der Waals surface area contributed by atoms with Crippen molar-refractivity contribution in [2.45, 2.75) is 11.4 Å². The van der Waals surface area contributed by atoms with Crippen LogP contribution in [0.15, 0.2) is 53.4 Å². The van der Waals surface area contributed by atoms with E-state index in [2.05, 4.69) is 0 Å². The molecule has 0 saturated heterocycles. The number of nitrogens with zero attached hydrogens (tertiary/aromatic N) is 1. The summed E-state index contributed by atoms with van der Waals surface area (Å²) < 4.78 is 39.6. The molecule has 0 radical (unpaired) electrons. The van der Waals surface area contributed by atoms with E-state index in [1.807, 2.05) is 0 Å². The van der Waals surface area contributed by atoms with Crippen LogP contribution in [-0.2, 0) is 21.4 Å². The lowest BCUT2D eigenvalue weighted by Crippen LogP contribution is -2.35. The van der Waals surface area contributed by atoms with Crippen LogP contribution in [0.25, 0.3) is 0 Å². The number of rotatable bonds is 6. The van der Waals surface area contributed by atoms with Crippen LogP contribution in [0.1, 0.15) is 5.56 Å². The summed E-state index contributed by atoms with van der Waals surface area (Å²) in [5, 5.41) is 9.31. The van der Waals surface area contributed by atoms with E-state index in [-0.39, 0.29) is 17.0 Å². The molecule has 0 bridgehead atoms.